The number of hydrogen-bond donors (Lipinski definition) is 0. The first kappa shape index (κ1) is 31.2. The van der Waals surface area contributed by atoms with Crippen molar-refractivity contribution >= 4 is 36.0 Å². The lowest BCUT2D eigenvalue weighted by Crippen LogP contribution is -2.05. The third kappa shape index (κ3) is 9.37. The van der Waals surface area contributed by atoms with Gasteiger partial charge in [-0.15, -0.1) is 0 Å². The van der Waals surface area contributed by atoms with E-state index >= 15 is 0 Å². The number of carbonyl (C=O) groups excluding carboxylic acids is 4. The summed E-state index contributed by atoms with van der Waals surface area (Å²) < 4.78 is 31.3. The smallest absolute Gasteiger partial charge is 0.336 e. The number of aryl methyl sites for hydroxylation is 1. The lowest BCUT2D eigenvalue weighted by molar-refractivity contribution is -0.139. The predicted octanol–water partition coefficient (Wildman–Crippen LogP) is 5.24. The molecular weight excluding hydrogens is 544 g/mol. The van der Waals surface area contributed by atoms with Crippen LogP contribution in [-0.4, -0.2) is 38.1 Å². The van der Waals surface area contributed by atoms with Gasteiger partial charge in [-0.3, -0.25) is 9.59 Å². The highest BCUT2D eigenvalue weighted by atomic mass is 16.6. The van der Waals surface area contributed by atoms with E-state index < -0.39 is 23.9 Å². The van der Waals surface area contributed by atoms with Gasteiger partial charge in [-0.1, -0.05) is 18.2 Å². The van der Waals surface area contributed by atoms with Crippen LogP contribution in [0.1, 0.15) is 36.1 Å². The Hall–Kier alpha value is -5.38. The molecule has 10 nitrogen and oxygen atoms in total. The number of esters is 4. The Balaban J connectivity index is 1.55. The van der Waals surface area contributed by atoms with Gasteiger partial charge in [0.25, 0.3) is 0 Å². The summed E-state index contributed by atoms with van der Waals surface area (Å²) in [7, 11) is 2.89. The van der Waals surface area contributed by atoms with Crippen LogP contribution in [0.5, 0.6) is 28.7 Å². The third-order valence-electron chi connectivity index (χ3n) is 5.61. The van der Waals surface area contributed by atoms with Gasteiger partial charge < -0.3 is 28.4 Å². The maximum absolute atomic E-state index is 12.3. The topological polar surface area (TPSA) is 124 Å². The lowest BCUT2D eigenvalue weighted by Gasteiger charge is -2.09. The van der Waals surface area contributed by atoms with Gasteiger partial charge >= 0.3 is 23.9 Å². The molecule has 0 aliphatic carbocycles. The monoisotopic (exact) mass is 574 g/mol. The van der Waals surface area contributed by atoms with E-state index in [0.29, 0.717) is 28.4 Å². The van der Waals surface area contributed by atoms with Crippen LogP contribution in [0.3, 0.4) is 0 Å². The molecule has 0 aliphatic heterocycles. The fourth-order valence-corrected chi connectivity index (χ4v) is 3.62. The van der Waals surface area contributed by atoms with Crippen molar-refractivity contribution in [2.45, 2.75) is 27.4 Å². The summed E-state index contributed by atoms with van der Waals surface area (Å²) in [6.45, 7) is 4.40. The molecule has 0 bridgehead atoms. The van der Waals surface area contributed by atoms with Crippen LogP contribution in [-0.2, 0) is 30.5 Å². The van der Waals surface area contributed by atoms with Gasteiger partial charge in [-0.05, 0) is 77.7 Å². The predicted molar refractivity (Wildman–Crippen MR) is 153 cm³/mol. The number of ether oxygens (including phenoxy) is 6. The fraction of sp³-hybridized carbons (Fsp3) is 0.188. The van der Waals surface area contributed by atoms with Crippen molar-refractivity contribution in [2.24, 2.45) is 0 Å². The van der Waals surface area contributed by atoms with Crippen molar-refractivity contribution in [3.8, 4) is 28.7 Å². The van der Waals surface area contributed by atoms with E-state index in [1.807, 2.05) is 0 Å². The van der Waals surface area contributed by atoms with Crippen LogP contribution in [0.25, 0.3) is 12.2 Å². The second-order valence-electron chi connectivity index (χ2n) is 8.79. The molecule has 218 valence electrons. The molecule has 0 aromatic heterocycles. The van der Waals surface area contributed by atoms with E-state index in [1.165, 1.54) is 40.2 Å². The van der Waals surface area contributed by atoms with Gasteiger partial charge in [0.1, 0.15) is 12.4 Å². The Kier molecular flexibility index (Phi) is 11.0. The Bertz CT molecular complexity index is 1530. The third-order valence-corrected chi connectivity index (χ3v) is 5.61. The maximum Gasteiger partial charge on any atom is 0.336 e. The number of methoxy groups -OCH3 is 2. The van der Waals surface area contributed by atoms with Gasteiger partial charge in [0.15, 0.2) is 23.0 Å². The molecule has 0 N–H and O–H groups in total. The summed E-state index contributed by atoms with van der Waals surface area (Å²) in [5.41, 5.74) is 2.78. The molecule has 0 spiro atoms. The van der Waals surface area contributed by atoms with Crippen LogP contribution in [0, 0.1) is 6.92 Å². The van der Waals surface area contributed by atoms with Crippen LogP contribution < -0.4 is 23.7 Å². The number of hydrogen-bond acceptors (Lipinski definition) is 10. The summed E-state index contributed by atoms with van der Waals surface area (Å²) in [6, 6.07) is 14.7. The molecular formula is C32H30O10. The molecule has 0 aliphatic rings. The van der Waals surface area contributed by atoms with E-state index in [0.717, 1.165) is 11.1 Å². The average molecular weight is 575 g/mol. The number of rotatable bonds is 11. The molecule has 0 saturated carbocycles. The van der Waals surface area contributed by atoms with Gasteiger partial charge in [0.2, 0.25) is 0 Å². The summed E-state index contributed by atoms with van der Waals surface area (Å²) >= 11 is 0. The first-order chi connectivity index (χ1) is 20.1. The first-order valence-electron chi connectivity index (χ1n) is 12.6. The molecule has 0 saturated heterocycles. The quantitative estimate of drug-likeness (QED) is 0.171. The van der Waals surface area contributed by atoms with Crippen molar-refractivity contribution in [1.29, 1.82) is 0 Å². The molecule has 42 heavy (non-hydrogen) atoms. The lowest BCUT2D eigenvalue weighted by atomic mass is 10.1. The minimum Gasteiger partial charge on any atom is -0.493 e. The zero-order chi connectivity index (χ0) is 30.6. The van der Waals surface area contributed by atoms with Crippen LogP contribution in [0.15, 0.2) is 66.7 Å². The Morgan fingerprint density at radius 1 is 0.643 bits per heavy atom. The minimum absolute atomic E-state index is 0.0169. The van der Waals surface area contributed by atoms with E-state index in [9.17, 15) is 19.2 Å². The van der Waals surface area contributed by atoms with Gasteiger partial charge in [0, 0.05) is 26.0 Å². The summed E-state index contributed by atoms with van der Waals surface area (Å²) in [5, 5.41) is 0. The highest BCUT2D eigenvalue weighted by Gasteiger charge is 2.10. The molecule has 3 aromatic rings. The highest BCUT2D eigenvalue weighted by molar-refractivity contribution is 5.89. The first-order valence-corrected chi connectivity index (χ1v) is 12.6. The summed E-state index contributed by atoms with van der Waals surface area (Å²) in [4.78, 5) is 47.0. The summed E-state index contributed by atoms with van der Waals surface area (Å²) in [6.07, 6.45) is 5.63. The Labute approximate surface area is 243 Å². The van der Waals surface area contributed by atoms with Crippen molar-refractivity contribution in [2.75, 3.05) is 14.2 Å². The molecule has 0 atom stereocenters. The van der Waals surface area contributed by atoms with E-state index in [1.54, 1.807) is 73.7 Å². The van der Waals surface area contributed by atoms with Crippen molar-refractivity contribution in [3.05, 3.63) is 89.0 Å². The van der Waals surface area contributed by atoms with E-state index in [2.05, 4.69) is 0 Å². The van der Waals surface area contributed by atoms with E-state index in [4.69, 9.17) is 28.4 Å². The standard InChI is InChI=1S/C32H30O10/c1-20-16-26(42-32(36)15-9-24-7-13-28(41-22(3)34)30(18-24)38-5)11-10-25(20)19-39-31(35)14-8-23-6-12-27(40-21(2)33)29(17-23)37-4/h6-18H,19H2,1-5H3/b14-8+,15-9+. The van der Waals surface area contributed by atoms with Crippen molar-refractivity contribution in [3.63, 3.8) is 0 Å². The molecule has 3 rings (SSSR count). The average Bonchev–Trinajstić information content (AvgIpc) is 2.95. The minimum atomic E-state index is -0.598. The highest BCUT2D eigenvalue weighted by Crippen LogP contribution is 2.30. The normalized spacial score (nSPS) is 10.8. The van der Waals surface area contributed by atoms with Gasteiger partial charge in [-0.25, -0.2) is 9.59 Å². The summed E-state index contributed by atoms with van der Waals surface area (Å²) in [5.74, 6) is -0.532. The van der Waals surface area contributed by atoms with Crippen LogP contribution in [0.2, 0.25) is 0 Å². The SMILES string of the molecule is COc1cc(/C=C/C(=O)OCc2ccc(OC(=O)/C=C/c3ccc(OC(C)=O)c(OC)c3)cc2C)ccc1OC(C)=O. The van der Waals surface area contributed by atoms with Crippen molar-refractivity contribution in [1.82, 2.24) is 0 Å². The van der Waals surface area contributed by atoms with Crippen LogP contribution >= 0.6 is 0 Å². The number of benzene rings is 3. The Morgan fingerprint density at radius 3 is 1.64 bits per heavy atom. The Morgan fingerprint density at radius 2 is 1.17 bits per heavy atom. The molecule has 0 amide bonds. The largest absolute Gasteiger partial charge is 0.493 e. The molecule has 10 heteroatoms. The molecule has 0 radical (unpaired) electrons. The maximum atomic E-state index is 12.3. The second kappa shape index (κ2) is 14.8. The van der Waals surface area contributed by atoms with Gasteiger partial charge in [0.05, 0.1) is 14.2 Å². The fourth-order valence-electron chi connectivity index (χ4n) is 3.62. The van der Waals surface area contributed by atoms with Crippen molar-refractivity contribution < 1.29 is 47.6 Å². The zero-order valence-electron chi connectivity index (χ0n) is 23.8. The number of carbonyl (C=O) groups is 4. The molecule has 0 fully saturated rings. The molecule has 0 unspecified atom stereocenters. The second-order valence-corrected chi connectivity index (χ2v) is 8.79. The molecule has 0 heterocycles. The van der Waals surface area contributed by atoms with Crippen LogP contribution in [0.4, 0.5) is 0 Å². The zero-order valence-corrected chi connectivity index (χ0v) is 23.8. The van der Waals surface area contributed by atoms with E-state index in [-0.39, 0.29) is 18.1 Å². The van der Waals surface area contributed by atoms with Gasteiger partial charge in [-0.2, -0.15) is 0 Å². The molecule has 3 aromatic carbocycles.